The number of rotatable bonds is 3. The zero-order chi connectivity index (χ0) is 11.6. The molecule has 0 aromatic carbocycles. The van der Waals surface area contributed by atoms with E-state index in [1.165, 1.54) is 0 Å². The largest absolute Gasteiger partial charge is 0.382 e. The molecule has 0 aliphatic carbocycles. The van der Waals surface area contributed by atoms with Crippen molar-refractivity contribution in [3.05, 3.63) is 11.7 Å². The first kappa shape index (κ1) is 11.5. The van der Waals surface area contributed by atoms with Gasteiger partial charge >= 0.3 is 0 Å². The van der Waals surface area contributed by atoms with Crippen molar-refractivity contribution in [3.63, 3.8) is 0 Å². The monoisotopic (exact) mass is 227 g/mol. The number of nitrogens with zero attached hydrogens (tertiary/aromatic N) is 2. The van der Waals surface area contributed by atoms with Gasteiger partial charge in [-0.1, -0.05) is 5.16 Å². The van der Waals surface area contributed by atoms with Crippen molar-refractivity contribution in [1.82, 2.24) is 10.1 Å². The SMILES string of the molecule is CC1(c2noc(C(O)CN)n2)CCCCO1. The van der Waals surface area contributed by atoms with Gasteiger partial charge in [-0.15, -0.1) is 0 Å². The van der Waals surface area contributed by atoms with Gasteiger partial charge in [-0.2, -0.15) is 4.98 Å². The Morgan fingerprint density at radius 1 is 1.56 bits per heavy atom. The van der Waals surface area contributed by atoms with E-state index < -0.39 is 11.7 Å². The van der Waals surface area contributed by atoms with Crippen LogP contribution in [-0.2, 0) is 10.3 Å². The first-order valence-corrected chi connectivity index (χ1v) is 5.52. The van der Waals surface area contributed by atoms with Crippen molar-refractivity contribution in [1.29, 1.82) is 0 Å². The topological polar surface area (TPSA) is 94.4 Å². The van der Waals surface area contributed by atoms with Crippen molar-refractivity contribution >= 4 is 0 Å². The standard InChI is InChI=1S/C10H17N3O3/c1-10(4-2-3-5-15-10)9-12-8(16-13-9)7(14)6-11/h7,14H,2-6,11H2,1H3. The molecule has 2 atom stereocenters. The molecule has 0 amide bonds. The molecule has 16 heavy (non-hydrogen) atoms. The van der Waals surface area contributed by atoms with Gasteiger partial charge in [0.15, 0.2) is 0 Å². The van der Waals surface area contributed by atoms with E-state index in [0.29, 0.717) is 12.4 Å². The summed E-state index contributed by atoms with van der Waals surface area (Å²) in [7, 11) is 0. The molecule has 0 bridgehead atoms. The molecule has 0 spiro atoms. The van der Waals surface area contributed by atoms with Gasteiger partial charge in [-0.25, -0.2) is 0 Å². The minimum atomic E-state index is -0.895. The van der Waals surface area contributed by atoms with Crippen molar-refractivity contribution < 1.29 is 14.4 Å². The van der Waals surface area contributed by atoms with E-state index in [0.717, 1.165) is 19.3 Å². The van der Waals surface area contributed by atoms with Crippen LogP contribution in [0.2, 0.25) is 0 Å². The fraction of sp³-hybridized carbons (Fsp3) is 0.800. The number of hydrogen-bond donors (Lipinski definition) is 2. The molecular formula is C10H17N3O3. The van der Waals surface area contributed by atoms with Crippen LogP contribution >= 0.6 is 0 Å². The lowest BCUT2D eigenvalue weighted by Gasteiger charge is -2.30. The van der Waals surface area contributed by atoms with Gasteiger partial charge in [0, 0.05) is 13.2 Å². The molecule has 1 aliphatic rings. The van der Waals surface area contributed by atoms with Crippen LogP contribution in [0.4, 0.5) is 0 Å². The molecule has 3 N–H and O–H groups in total. The van der Waals surface area contributed by atoms with Crippen LogP contribution in [0.1, 0.15) is 44.0 Å². The summed E-state index contributed by atoms with van der Waals surface area (Å²) in [5.41, 5.74) is 4.82. The Balaban J connectivity index is 2.17. The summed E-state index contributed by atoms with van der Waals surface area (Å²) in [6.07, 6.45) is 2.12. The summed E-state index contributed by atoms with van der Waals surface area (Å²) in [5.74, 6) is 0.655. The van der Waals surface area contributed by atoms with Gasteiger partial charge in [0.25, 0.3) is 5.89 Å². The molecule has 6 nitrogen and oxygen atoms in total. The van der Waals surface area contributed by atoms with Crippen LogP contribution in [0.3, 0.4) is 0 Å². The number of hydrogen-bond acceptors (Lipinski definition) is 6. The smallest absolute Gasteiger partial charge is 0.256 e. The highest BCUT2D eigenvalue weighted by atomic mass is 16.5. The summed E-state index contributed by atoms with van der Waals surface area (Å²) < 4.78 is 10.6. The van der Waals surface area contributed by atoms with E-state index in [2.05, 4.69) is 10.1 Å². The minimum Gasteiger partial charge on any atom is -0.382 e. The molecule has 1 saturated heterocycles. The lowest BCUT2D eigenvalue weighted by Crippen LogP contribution is -2.31. The molecule has 2 heterocycles. The van der Waals surface area contributed by atoms with Gasteiger partial charge in [0.05, 0.1) is 0 Å². The van der Waals surface area contributed by atoms with Crippen LogP contribution < -0.4 is 5.73 Å². The summed E-state index contributed by atoms with van der Waals surface area (Å²) in [6, 6.07) is 0. The Labute approximate surface area is 93.8 Å². The predicted molar refractivity (Wildman–Crippen MR) is 55.5 cm³/mol. The molecule has 0 saturated carbocycles. The molecule has 1 aromatic heterocycles. The number of aliphatic hydroxyl groups is 1. The molecule has 1 aliphatic heterocycles. The first-order valence-electron chi connectivity index (χ1n) is 5.52. The van der Waals surface area contributed by atoms with Gasteiger partial charge in [-0.3, -0.25) is 0 Å². The second-order valence-electron chi connectivity index (χ2n) is 4.24. The normalized spacial score (nSPS) is 27.9. The Hall–Kier alpha value is -0.980. The third kappa shape index (κ3) is 2.09. The Kier molecular flexibility index (Phi) is 3.22. The molecule has 0 radical (unpaired) electrons. The molecular weight excluding hydrogens is 210 g/mol. The van der Waals surface area contributed by atoms with E-state index in [9.17, 15) is 5.11 Å². The molecule has 2 unspecified atom stereocenters. The highest BCUT2D eigenvalue weighted by Gasteiger charge is 2.35. The number of nitrogens with two attached hydrogens (primary N) is 1. The van der Waals surface area contributed by atoms with Crippen LogP contribution in [0.25, 0.3) is 0 Å². The van der Waals surface area contributed by atoms with E-state index in [1.807, 2.05) is 6.92 Å². The molecule has 6 heteroatoms. The minimum absolute atomic E-state index is 0.0687. The highest BCUT2D eigenvalue weighted by Crippen LogP contribution is 2.33. The predicted octanol–water partition coefficient (Wildman–Crippen LogP) is 0.477. The quantitative estimate of drug-likeness (QED) is 0.779. The lowest BCUT2D eigenvalue weighted by atomic mass is 9.95. The number of aromatic nitrogens is 2. The van der Waals surface area contributed by atoms with E-state index >= 15 is 0 Å². The van der Waals surface area contributed by atoms with Gasteiger partial charge in [0.2, 0.25) is 5.82 Å². The maximum Gasteiger partial charge on any atom is 0.256 e. The van der Waals surface area contributed by atoms with Crippen LogP contribution in [0.15, 0.2) is 4.52 Å². The maximum absolute atomic E-state index is 9.46. The van der Waals surface area contributed by atoms with Crippen LogP contribution in [0.5, 0.6) is 0 Å². The molecule has 1 fully saturated rings. The summed E-state index contributed by atoms with van der Waals surface area (Å²) in [5, 5.41) is 13.3. The van der Waals surface area contributed by atoms with E-state index in [1.54, 1.807) is 0 Å². The van der Waals surface area contributed by atoms with Crippen molar-refractivity contribution in [2.24, 2.45) is 5.73 Å². The molecule has 2 rings (SSSR count). The zero-order valence-electron chi connectivity index (χ0n) is 9.35. The maximum atomic E-state index is 9.46. The van der Waals surface area contributed by atoms with E-state index in [-0.39, 0.29) is 12.4 Å². The average Bonchev–Trinajstić information content (AvgIpc) is 2.79. The Morgan fingerprint density at radius 3 is 3.00 bits per heavy atom. The Bertz CT molecular complexity index is 347. The average molecular weight is 227 g/mol. The van der Waals surface area contributed by atoms with E-state index in [4.69, 9.17) is 15.0 Å². The fourth-order valence-corrected chi connectivity index (χ4v) is 1.80. The number of ether oxygens (including phenoxy) is 1. The summed E-state index contributed by atoms with van der Waals surface area (Å²) >= 11 is 0. The van der Waals surface area contributed by atoms with Gasteiger partial charge in [0.1, 0.15) is 11.7 Å². The van der Waals surface area contributed by atoms with Crippen LogP contribution in [-0.4, -0.2) is 28.4 Å². The molecule has 90 valence electrons. The summed E-state index contributed by atoms with van der Waals surface area (Å²) in [6.45, 7) is 2.72. The summed E-state index contributed by atoms with van der Waals surface area (Å²) in [4.78, 5) is 4.14. The lowest BCUT2D eigenvalue weighted by molar-refractivity contribution is -0.0770. The second kappa shape index (κ2) is 4.48. The number of aliphatic hydroxyl groups excluding tert-OH is 1. The van der Waals surface area contributed by atoms with Gasteiger partial charge < -0.3 is 20.1 Å². The van der Waals surface area contributed by atoms with Crippen molar-refractivity contribution in [3.8, 4) is 0 Å². The fourth-order valence-electron chi connectivity index (χ4n) is 1.80. The second-order valence-corrected chi connectivity index (χ2v) is 4.24. The third-order valence-electron chi connectivity index (χ3n) is 2.89. The van der Waals surface area contributed by atoms with Crippen molar-refractivity contribution in [2.45, 2.75) is 37.9 Å². The molecule has 1 aromatic rings. The third-order valence-corrected chi connectivity index (χ3v) is 2.89. The Morgan fingerprint density at radius 2 is 2.38 bits per heavy atom. The van der Waals surface area contributed by atoms with Crippen molar-refractivity contribution in [2.75, 3.05) is 13.2 Å². The van der Waals surface area contributed by atoms with Gasteiger partial charge in [-0.05, 0) is 26.2 Å². The van der Waals surface area contributed by atoms with Crippen LogP contribution in [0, 0.1) is 0 Å². The zero-order valence-corrected chi connectivity index (χ0v) is 9.35. The first-order chi connectivity index (χ1) is 7.65. The highest BCUT2D eigenvalue weighted by molar-refractivity contribution is 5.01.